The Hall–Kier alpha value is -1.16. The molecule has 0 aliphatic rings. The molecule has 2 N–H and O–H groups in total. The SMILES string of the molecule is C[C@@H](O)Cc1cc(F)cc(F)c1O. The standard InChI is InChI=1S/C9H10F2O2/c1-5(12)2-6-3-7(10)4-8(11)9(6)13/h3-5,12-13H,2H2,1H3/t5-/m1/s1. The molecule has 2 nitrogen and oxygen atoms in total. The highest BCUT2D eigenvalue weighted by Crippen LogP contribution is 2.23. The second kappa shape index (κ2) is 3.70. The van der Waals surface area contributed by atoms with E-state index in [0.717, 1.165) is 6.07 Å². The first-order valence-electron chi connectivity index (χ1n) is 3.85. The molecule has 0 spiro atoms. The molecular formula is C9H10F2O2. The number of aromatic hydroxyl groups is 1. The lowest BCUT2D eigenvalue weighted by molar-refractivity contribution is 0.194. The molecule has 1 rings (SSSR count). The van der Waals surface area contributed by atoms with Crippen LogP contribution in [0.2, 0.25) is 0 Å². The Morgan fingerprint density at radius 1 is 1.38 bits per heavy atom. The molecule has 72 valence electrons. The summed E-state index contributed by atoms with van der Waals surface area (Å²) in [7, 11) is 0. The molecule has 0 aromatic heterocycles. The first-order valence-corrected chi connectivity index (χ1v) is 3.85. The maximum atomic E-state index is 12.7. The summed E-state index contributed by atoms with van der Waals surface area (Å²) in [5.41, 5.74) is 0.0764. The van der Waals surface area contributed by atoms with E-state index in [2.05, 4.69) is 0 Å². The average Bonchev–Trinajstić information content (AvgIpc) is 1.98. The molecule has 0 heterocycles. The molecular weight excluding hydrogens is 178 g/mol. The molecule has 0 aliphatic heterocycles. The predicted molar refractivity (Wildman–Crippen MR) is 43.4 cm³/mol. The van der Waals surface area contributed by atoms with Crippen molar-refractivity contribution in [3.8, 4) is 5.75 Å². The van der Waals surface area contributed by atoms with Gasteiger partial charge in [-0.1, -0.05) is 0 Å². The Labute approximate surface area is 74.4 Å². The largest absolute Gasteiger partial charge is 0.505 e. The number of hydrogen-bond acceptors (Lipinski definition) is 2. The van der Waals surface area contributed by atoms with Gasteiger partial charge in [0.05, 0.1) is 6.10 Å². The molecule has 0 saturated heterocycles. The number of benzene rings is 1. The monoisotopic (exact) mass is 188 g/mol. The third-order valence-corrected chi connectivity index (χ3v) is 1.62. The zero-order chi connectivity index (χ0) is 10.0. The average molecular weight is 188 g/mol. The fourth-order valence-electron chi connectivity index (χ4n) is 1.09. The fourth-order valence-corrected chi connectivity index (χ4v) is 1.09. The predicted octanol–water partition coefficient (Wildman–Crippen LogP) is 1.59. The summed E-state index contributed by atoms with van der Waals surface area (Å²) in [5.74, 6) is -2.36. The zero-order valence-electron chi connectivity index (χ0n) is 7.09. The van der Waals surface area contributed by atoms with Crippen LogP contribution in [0.25, 0.3) is 0 Å². The molecule has 0 saturated carbocycles. The van der Waals surface area contributed by atoms with Crippen LogP contribution in [0.3, 0.4) is 0 Å². The van der Waals surface area contributed by atoms with Crippen LogP contribution in [-0.4, -0.2) is 16.3 Å². The van der Waals surface area contributed by atoms with Gasteiger partial charge in [-0.2, -0.15) is 0 Å². The number of phenols is 1. The molecule has 0 amide bonds. The second-order valence-corrected chi connectivity index (χ2v) is 2.95. The smallest absolute Gasteiger partial charge is 0.168 e. The van der Waals surface area contributed by atoms with Crippen molar-refractivity contribution in [2.75, 3.05) is 0 Å². The number of aliphatic hydroxyl groups is 1. The van der Waals surface area contributed by atoms with E-state index in [1.807, 2.05) is 0 Å². The minimum atomic E-state index is -1.00. The van der Waals surface area contributed by atoms with Crippen molar-refractivity contribution in [3.63, 3.8) is 0 Å². The summed E-state index contributed by atoms with van der Waals surface area (Å²) in [6, 6.07) is 1.60. The Morgan fingerprint density at radius 2 is 2.00 bits per heavy atom. The minimum absolute atomic E-state index is 0.0283. The highest BCUT2D eigenvalue weighted by molar-refractivity contribution is 5.34. The van der Waals surface area contributed by atoms with Crippen LogP contribution in [0.4, 0.5) is 8.78 Å². The quantitative estimate of drug-likeness (QED) is 0.739. The van der Waals surface area contributed by atoms with Crippen molar-refractivity contribution in [1.29, 1.82) is 0 Å². The summed E-state index contributed by atoms with van der Waals surface area (Å²) in [6.45, 7) is 1.47. The van der Waals surface area contributed by atoms with Gasteiger partial charge < -0.3 is 10.2 Å². The molecule has 0 radical (unpaired) electrons. The van der Waals surface area contributed by atoms with E-state index in [4.69, 9.17) is 10.2 Å². The molecule has 1 aromatic rings. The number of aliphatic hydroxyl groups excluding tert-OH is 1. The molecule has 1 atom stereocenters. The van der Waals surface area contributed by atoms with E-state index < -0.39 is 23.5 Å². The van der Waals surface area contributed by atoms with Crippen LogP contribution in [0.15, 0.2) is 12.1 Å². The van der Waals surface area contributed by atoms with E-state index in [9.17, 15) is 8.78 Å². The summed E-state index contributed by atoms with van der Waals surface area (Å²) in [4.78, 5) is 0. The van der Waals surface area contributed by atoms with Crippen molar-refractivity contribution in [2.45, 2.75) is 19.4 Å². The van der Waals surface area contributed by atoms with E-state index >= 15 is 0 Å². The van der Waals surface area contributed by atoms with Gasteiger partial charge in [0.2, 0.25) is 0 Å². The molecule has 13 heavy (non-hydrogen) atoms. The summed E-state index contributed by atoms with van der Waals surface area (Å²) in [6.07, 6.45) is -0.715. The van der Waals surface area contributed by atoms with Crippen LogP contribution in [0, 0.1) is 11.6 Å². The third kappa shape index (κ3) is 2.39. The van der Waals surface area contributed by atoms with E-state index in [-0.39, 0.29) is 12.0 Å². The van der Waals surface area contributed by atoms with Gasteiger partial charge in [-0.15, -0.1) is 0 Å². The fraction of sp³-hybridized carbons (Fsp3) is 0.333. The van der Waals surface area contributed by atoms with Gasteiger partial charge in [0, 0.05) is 18.1 Å². The van der Waals surface area contributed by atoms with Crippen molar-refractivity contribution in [1.82, 2.24) is 0 Å². The maximum absolute atomic E-state index is 12.7. The summed E-state index contributed by atoms with van der Waals surface area (Å²) >= 11 is 0. The van der Waals surface area contributed by atoms with Crippen LogP contribution < -0.4 is 0 Å². The normalized spacial score (nSPS) is 12.9. The first-order chi connectivity index (χ1) is 6.00. The van der Waals surface area contributed by atoms with E-state index in [0.29, 0.717) is 6.07 Å². The number of halogens is 2. The number of hydrogen-bond donors (Lipinski definition) is 2. The number of rotatable bonds is 2. The lowest BCUT2D eigenvalue weighted by Gasteiger charge is -2.07. The van der Waals surface area contributed by atoms with Crippen LogP contribution >= 0.6 is 0 Å². The molecule has 0 aliphatic carbocycles. The highest BCUT2D eigenvalue weighted by Gasteiger charge is 2.11. The highest BCUT2D eigenvalue weighted by atomic mass is 19.1. The van der Waals surface area contributed by atoms with E-state index in [1.54, 1.807) is 0 Å². The van der Waals surface area contributed by atoms with Crippen molar-refractivity contribution in [3.05, 3.63) is 29.3 Å². The van der Waals surface area contributed by atoms with Gasteiger partial charge in [-0.05, 0) is 13.0 Å². The summed E-state index contributed by atoms with van der Waals surface area (Å²) < 4.78 is 25.3. The van der Waals surface area contributed by atoms with Gasteiger partial charge in [0.1, 0.15) is 5.82 Å². The molecule has 0 unspecified atom stereocenters. The molecule has 0 fully saturated rings. The lowest BCUT2D eigenvalue weighted by atomic mass is 10.1. The Balaban J connectivity index is 3.05. The topological polar surface area (TPSA) is 40.5 Å². The van der Waals surface area contributed by atoms with Crippen LogP contribution in [0.1, 0.15) is 12.5 Å². The zero-order valence-corrected chi connectivity index (χ0v) is 7.09. The van der Waals surface area contributed by atoms with Gasteiger partial charge in [-0.3, -0.25) is 0 Å². The van der Waals surface area contributed by atoms with Crippen LogP contribution in [0.5, 0.6) is 5.75 Å². The number of phenolic OH excluding ortho intramolecular Hbond substituents is 1. The van der Waals surface area contributed by atoms with Crippen molar-refractivity contribution < 1.29 is 19.0 Å². The molecule has 4 heteroatoms. The third-order valence-electron chi connectivity index (χ3n) is 1.62. The second-order valence-electron chi connectivity index (χ2n) is 2.95. The van der Waals surface area contributed by atoms with Gasteiger partial charge in [-0.25, -0.2) is 8.78 Å². The Morgan fingerprint density at radius 3 is 2.54 bits per heavy atom. The van der Waals surface area contributed by atoms with Crippen LogP contribution in [-0.2, 0) is 6.42 Å². The molecule has 0 bridgehead atoms. The Kier molecular flexibility index (Phi) is 2.83. The Bertz CT molecular complexity index is 311. The van der Waals surface area contributed by atoms with E-state index in [1.165, 1.54) is 6.92 Å². The maximum Gasteiger partial charge on any atom is 0.168 e. The van der Waals surface area contributed by atoms with Gasteiger partial charge in [0.25, 0.3) is 0 Å². The summed E-state index contributed by atoms with van der Waals surface area (Å²) in [5, 5.41) is 18.1. The van der Waals surface area contributed by atoms with Gasteiger partial charge in [0.15, 0.2) is 11.6 Å². The van der Waals surface area contributed by atoms with Crippen molar-refractivity contribution in [2.24, 2.45) is 0 Å². The minimum Gasteiger partial charge on any atom is -0.505 e. The van der Waals surface area contributed by atoms with Crippen molar-refractivity contribution >= 4 is 0 Å². The molecule has 1 aromatic carbocycles. The van der Waals surface area contributed by atoms with Gasteiger partial charge >= 0.3 is 0 Å². The lowest BCUT2D eigenvalue weighted by Crippen LogP contribution is -2.05. The first kappa shape index (κ1) is 9.92.